The summed E-state index contributed by atoms with van der Waals surface area (Å²) in [6, 6.07) is 3.69. The first-order valence-electron chi connectivity index (χ1n) is 5.54. The van der Waals surface area contributed by atoms with E-state index >= 15 is 0 Å². The number of benzene rings is 1. The molecule has 0 aliphatic carbocycles. The van der Waals surface area contributed by atoms with Crippen LogP contribution in [0, 0.1) is 6.92 Å². The van der Waals surface area contributed by atoms with E-state index in [0.717, 1.165) is 5.56 Å². The van der Waals surface area contributed by atoms with Crippen LogP contribution in [0.25, 0.3) is 11.1 Å². The van der Waals surface area contributed by atoms with Gasteiger partial charge in [0.2, 0.25) is 5.88 Å². The molecule has 0 amide bonds. The van der Waals surface area contributed by atoms with Gasteiger partial charge in [0.05, 0.1) is 11.8 Å². The standard InChI is InChI=1S/C13H16N2O2/c1-7(2)9-5-10(12(16)4-8(9)3)11-6-15-17-13(11)14/h4-7,16H,14H2,1-3H3. The molecule has 3 N–H and O–H groups in total. The molecular weight excluding hydrogens is 216 g/mol. The van der Waals surface area contributed by atoms with Gasteiger partial charge in [0.25, 0.3) is 0 Å². The zero-order chi connectivity index (χ0) is 12.6. The van der Waals surface area contributed by atoms with E-state index in [1.165, 1.54) is 11.8 Å². The van der Waals surface area contributed by atoms with Gasteiger partial charge in [-0.15, -0.1) is 0 Å². The van der Waals surface area contributed by atoms with E-state index in [1.54, 1.807) is 6.07 Å². The quantitative estimate of drug-likeness (QED) is 0.834. The lowest BCUT2D eigenvalue weighted by Gasteiger charge is -2.13. The third-order valence-corrected chi connectivity index (χ3v) is 2.89. The van der Waals surface area contributed by atoms with Gasteiger partial charge in [-0.2, -0.15) is 0 Å². The van der Waals surface area contributed by atoms with Crippen molar-refractivity contribution in [3.63, 3.8) is 0 Å². The minimum atomic E-state index is 0.196. The van der Waals surface area contributed by atoms with E-state index in [2.05, 4.69) is 19.0 Å². The van der Waals surface area contributed by atoms with Gasteiger partial charge in [-0.05, 0) is 36.1 Å². The summed E-state index contributed by atoms with van der Waals surface area (Å²) < 4.78 is 4.82. The van der Waals surface area contributed by atoms with Crippen LogP contribution in [0.2, 0.25) is 0 Å². The molecule has 0 spiro atoms. The first-order valence-corrected chi connectivity index (χ1v) is 5.54. The molecule has 90 valence electrons. The summed E-state index contributed by atoms with van der Waals surface area (Å²) in [6.07, 6.45) is 1.52. The van der Waals surface area contributed by atoms with Gasteiger partial charge in [0.1, 0.15) is 5.75 Å². The summed E-state index contributed by atoms with van der Waals surface area (Å²) in [5.41, 5.74) is 9.20. The summed E-state index contributed by atoms with van der Waals surface area (Å²) in [5, 5.41) is 13.6. The van der Waals surface area contributed by atoms with Crippen molar-refractivity contribution in [3.8, 4) is 16.9 Å². The smallest absolute Gasteiger partial charge is 0.230 e. The Balaban J connectivity index is 2.63. The Bertz CT molecular complexity index is 544. The van der Waals surface area contributed by atoms with E-state index in [4.69, 9.17) is 10.3 Å². The maximum Gasteiger partial charge on any atom is 0.230 e. The summed E-state index contributed by atoms with van der Waals surface area (Å²) in [6.45, 7) is 6.20. The number of nitrogen functional groups attached to an aromatic ring is 1. The molecule has 0 saturated heterocycles. The number of aryl methyl sites for hydroxylation is 1. The highest BCUT2D eigenvalue weighted by Crippen LogP contribution is 2.36. The van der Waals surface area contributed by atoms with Crippen LogP contribution in [0.4, 0.5) is 5.88 Å². The molecule has 17 heavy (non-hydrogen) atoms. The fourth-order valence-corrected chi connectivity index (χ4v) is 2.00. The second-order valence-corrected chi connectivity index (χ2v) is 4.48. The number of hydrogen-bond acceptors (Lipinski definition) is 4. The van der Waals surface area contributed by atoms with Gasteiger partial charge < -0.3 is 15.4 Å². The lowest BCUT2D eigenvalue weighted by molar-refractivity contribution is 0.436. The Morgan fingerprint density at radius 3 is 2.53 bits per heavy atom. The zero-order valence-electron chi connectivity index (χ0n) is 10.2. The third-order valence-electron chi connectivity index (χ3n) is 2.89. The Morgan fingerprint density at radius 2 is 2.00 bits per heavy atom. The highest BCUT2D eigenvalue weighted by atomic mass is 16.5. The summed E-state index contributed by atoms with van der Waals surface area (Å²) >= 11 is 0. The molecule has 4 nitrogen and oxygen atoms in total. The number of aromatic hydroxyl groups is 1. The van der Waals surface area contributed by atoms with Gasteiger partial charge in [0, 0.05) is 5.56 Å². The normalized spacial score (nSPS) is 11.1. The van der Waals surface area contributed by atoms with Crippen LogP contribution >= 0.6 is 0 Å². The molecule has 2 rings (SSSR count). The van der Waals surface area contributed by atoms with Crippen LogP contribution in [0.15, 0.2) is 22.9 Å². The summed E-state index contributed by atoms with van der Waals surface area (Å²) in [7, 11) is 0. The van der Waals surface area contributed by atoms with Gasteiger partial charge in [-0.3, -0.25) is 0 Å². The number of hydrogen-bond donors (Lipinski definition) is 2. The van der Waals surface area contributed by atoms with Crippen LogP contribution in [0.1, 0.15) is 30.9 Å². The van der Waals surface area contributed by atoms with E-state index in [0.29, 0.717) is 17.0 Å². The largest absolute Gasteiger partial charge is 0.507 e. The van der Waals surface area contributed by atoms with Crippen LogP contribution in [-0.4, -0.2) is 10.3 Å². The van der Waals surface area contributed by atoms with Crippen molar-refractivity contribution >= 4 is 5.88 Å². The SMILES string of the molecule is Cc1cc(O)c(-c2cnoc2N)cc1C(C)C. The first kappa shape index (κ1) is 11.5. The summed E-state index contributed by atoms with van der Waals surface area (Å²) in [5.74, 6) is 0.802. The zero-order valence-corrected chi connectivity index (χ0v) is 10.2. The number of aromatic nitrogens is 1. The van der Waals surface area contributed by atoms with Crippen molar-refractivity contribution in [2.24, 2.45) is 0 Å². The highest BCUT2D eigenvalue weighted by Gasteiger charge is 2.15. The van der Waals surface area contributed by atoms with Crippen molar-refractivity contribution < 1.29 is 9.63 Å². The average Bonchev–Trinajstić information content (AvgIpc) is 2.64. The molecule has 0 aliphatic rings. The van der Waals surface area contributed by atoms with Crippen LogP contribution in [0.3, 0.4) is 0 Å². The van der Waals surface area contributed by atoms with Gasteiger partial charge in [0.15, 0.2) is 0 Å². The second-order valence-electron chi connectivity index (χ2n) is 4.48. The number of phenols is 1. The predicted octanol–water partition coefficient (Wildman–Crippen LogP) is 3.06. The lowest BCUT2D eigenvalue weighted by Crippen LogP contribution is -1.94. The third kappa shape index (κ3) is 1.98. The topological polar surface area (TPSA) is 72.3 Å². The minimum absolute atomic E-state index is 0.196. The van der Waals surface area contributed by atoms with Crippen LogP contribution in [0.5, 0.6) is 5.75 Å². The molecule has 0 saturated carbocycles. The average molecular weight is 232 g/mol. The Hall–Kier alpha value is -1.97. The molecule has 1 heterocycles. The van der Waals surface area contributed by atoms with Gasteiger partial charge >= 0.3 is 0 Å². The Labute approximate surface area is 100 Å². The number of nitrogens with two attached hydrogens (primary N) is 1. The van der Waals surface area contributed by atoms with Crippen molar-refractivity contribution in [1.82, 2.24) is 5.16 Å². The minimum Gasteiger partial charge on any atom is -0.507 e. The van der Waals surface area contributed by atoms with Crippen molar-refractivity contribution in [2.75, 3.05) is 5.73 Å². The van der Waals surface area contributed by atoms with E-state index in [9.17, 15) is 5.11 Å². The fraction of sp³-hybridized carbons (Fsp3) is 0.308. The Morgan fingerprint density at radius 1 is 1.29 bits per heavy atom. The molecule has 0 fully saturated rings. The van der Waals surface area contributed by atoms with Crippen LogP contribution in [-0.2, 0) is 0 Å². The number of rotatable bonds is 2. The lowest BCUT2D eigenvalue weighted by atomic mass is 9.93. The van der Waals surface area contributed by atoms with Gasteiger partial charge in [-0.1, -0.05) is 19.0 Å². The fourth-order valence-electron chi connectivity index (χ4n) is 2.00. The molecule has 0 aliphatic heterocycles. The second kappa shape index (κ2) is 4.13. The molecule has 4 heteroatoms. The number of phenolic OH excluding ortho intramolecular Hbond substituents is 1. The number of nitrogens with zero attached hydrogens (tertiary/aromatic N) is 1. The van der Waals surface area contributed by atoms with Crippen molar-refractivity contribution in [1.29, 1.82) is 0 Å². The Kier molecular flexibility index (Phi) is 2.79. The molecule has 0 radical (unpaired) electrons. The molecular formula is C13H16N2O2. The molecule has 1 aromatic heterocycles. The van der Waals surface area contributed by atoms with Crippen molar-refractivity contribution in [2.45, 2.75) is 26.7 Å². The van der Waals surface area contributed by atoms with E-state index in [-0.39, 0.29) is 11.6 Å². The molecule has 0 bridgehead atoms. The maximum absolute atomic E-state index is 9.97. The predicted molar refractivity (Wildman–Crippen MR) is 66.8 cm³/mol. The molecule has 0 unspecified atom stereocenters. The van der Waals surface area contributed by atoms with E-state index < -0.39 is 0 Å². The molecule has 0 atom stereocenters. The number of anilines is 1. The maximum atomic E-state index is 9.97. The van der Waals surface area contributed by atoms with Crippen LogP contribution < -0.4 is 5.73 Å². The molecule has 2 aromatic rings. The van der Waals surface area contributed by atoms with Gasteiger partial charge in [-0.25, -0.2) is 0 Å². The monoisotopic (exact) mass is 232 g/mol. The highest BCUT2D eigenvalue weighted by molar-refractivity contribution is 5.77. The van der Waals surface area contributed by atoms with E-state index in [1.807, 2.05) is 13.0 Å². The molecule has 1 aromatic carbocycles. The summed E-state index contributed by atoms with van der Waals surface area (Å²) in [4.78, 5) is 0. The first-order chi connectivity index (χ1) is 8.00. The van der Waals surface area contributed by atoms with Crippen molar-refractivity contribution in [3.05, 3.63) is 29.5 Å².